The molecule has 2 nitrogen and oxygen atoms in total. The van der Waals surface area contributed by atoms with Gasteiger partial charge in [0.05, 0.1) is 0 Å². The maximum absolute atomic E-state index is 10.3. The Morgan fingerprint density at radius 2 is 1.41 bits per heavy atom. The van der Waals surface area contributed by atoms with Gasteiger partial charge in [0.25, 0.3) is 0 Å². The van der Waals surface area contributed by atoms with Crippen molar-refractivity contribution < 1.29 is 9.90 Å². The van der Waals surface area contributed by atoms with E-state index in [4.69, 9.17) is 5.11 Å². The van der Waals surface area contributed by atoms with Crippen LogP contribution < -0.4 is 0 Å². The van der Waals surface area contributed by atoms with Crippen LogP contribution in [0.2, 0.25) is 0 Å². The summed E-state index contributed by atoms with van der Waals surface area (Å²) in [5.74, 6) is -0.720. The lowest BCUT2D eigenvalue weighted by atomic mass is 10.2. The summed E-state index contributed by atoms with van der Waals surface area (Å²) >= 11 is 0. The molecule has 0 amide bonds. The number of aliphatic carboxylic acids is 1. The quantitative estimate of drug-likeness (QED) is 0.258. The van der Waals surface area contributed by atoms with Crippen molar-refractivity contribution >= 4 is 5.97 Å². The molecule has 0 aliphatic rings. The Labute approximate surface area is 135 Å². The van der Waals surface area contributed by atoms with Gasteiger partial charge in [-0.1, -0.05) is 80.5 Å². The van der Waals surface area contributed by atoms with Crippen molar-refractivity contribution in [2.45, 2.75) is 58.3 Å². The molecule has 0 aromatic carbocycles. The highest BCUT2D eigenvalue weighted by Gasteiger charge is 1.92. The SMILES string of the molecule is CCCCCC=CC=CC=CC=CCC=CCCCC(=O)O. The Balaban J connectivity index is 3.55. The molecule has 0 saturated carbocycles. The number of hydrogen-bond donors (Lipinski definition) is 1. The van der Waals surface area contributed by atoms with Gasteiger partial charge in [-0.05, 0) is 32.1 Å². The predicted octanol–water partition coefficient (Wildman–Crippen LogP) is 5.99. The maximum atomic E-state index is 10.3. The van der Waals surface area contributed by atoms with Crippen molar-refractivity contribution in [1.29, 1.82) is 0 Å². The van der Waals surface area contributed by atoms with Gasteiger partial charge in [0, 0.05) is 6.42 Å². The van der Waals surface area contributed by atoms with Crippen LogP contribution in [0.1, 0.15) is 58.3 Å². The van der Waals surface area contributed by atoms with Crippen LogP contribution in [-0.2, 0) is 4.79 Å². The molecule has 2 heteroatoms. The maximum Gasteiger partial charge on any atom is 0.303 e. The Hall–Kier alpha value is -1.83. The van der Waals surface area contributed by atoms with Crippen LogP contribution in [0.5, 0.6) is 0 Å². The van der Waals surface area contributed by atoms with Crippen molar-refractivity contribution in [3.05, 3.63) is 60.8 Å². The lowest BCUT2D eigenvalue weighted by Gasteiger charge is -1.89. The molecule has 0 heterocycles. The molecule has 122 valence electrons. The van der Waals surface area contributed by atoms with Crippen molar-refractivity contribution in [2.75, 3.05) is 0 Å². The molecule has 0 saturated heterocycles. The fraction of sp³-hybridized carbons (Fsp3) is 0.450. The van der Waals surface area contributed by atoms with Gasteiger partial charge in [-0.3, -0.25) is 4.79 Å². The van der Waals surface area contributed by atoms with Gasteiger partial charge < -0.3 is 5.11 Å². The Morgan fingerprint density at radius 3 is 2.09 bits per heavy atom. The predicted molar refractivity (Wildman–Crippen MR) is 95.9 cm³/mol. The van der Waals surface area contributed by atoms with E-state index in [2.05, 4.69) is 37.3 Å². The van der Waals surface area contributed by atoms with E-state index in [1.807, 2.05) is 30.4 Å². The zero-order valence-electron chi connectivity index (χ0n) is 13.8. The average Bonchev–Trinajstić information content (AvgIpc) is 2.50. The van der Waals surface area contributed by atoms with E-state index in [0.717, 1.165) is 12.8 Å². The second kappa shape index (κ2) is 17.2. The standard InChI is InChI=1S/C20H30O2/c1-2-3-4-5-6-7-8-9-10-11-12-13-14-15-16-17-18-19-20(21)22/h6-13,15-16H,2-5,14,17-19H2,1H3,(H,21,22). The summed E-state index contributed by atoms with van der Waals surface area (Å²) in [6.07, 6.45) is 28.4. The molecule has 0 aliphatic heterocycles. The van der Waals surface area contributed by atoms with Gasteiger partial charge in [0.1, 0.15) is 0 Å². The smallest absolute Gasteiger partial charge is 0.303 e. The van der Waals surface area contributed by atoms with Crippen LogP contribution in [0.4, 0.5) is 0 Å². The normalized spacial score (nSPS) is 12.8. The second-order valence-electron chi connectivity index (χ2n) is 5.11. The summed E-state index contributed by atoms with van der Waals surface area (Å²) in [6.45, 7) is 2.22. The van der Waals surface area contributed by atoms with E-state index >= 15 is 0 Å². The number of hydrogen-bond acceptors (Lipinski definition) is 1. The molecule has 0 spiro atoms. The summed E-state index contributed by atoms with van der Waals surface area (Å²) in [6, 6.07) is 0. The molecular weight excluding hydrogens is 272 g/mol. The summed E-state index contributed by atoms with van der Waals surface area (Å²) < 4.78 is 0. The highest BCUT2D eigenvalue weighted by molar-refractivity contribution is 5.66. The minimum absolute atomic E-state index is 0.252. The van der Waals surface area contributed by atoms with Gasteiger partial charge in [-0.15, -0.1) is 0 Å². The monoisotopic (exact) mass is 302 g/mol. The largest absolute Gasteiger partial charge is 0.481 e. The number of allylic oxidation sites excluding steroid dienone is 10. The van der Waals surface area contributed by atoms with E-state index in [-0.39, 0.29) is 6.42 Å². The van der Waals surface area contributed by atoms with Crippen LogP contribution in [0, 0.1) is 0 Å². The molecule has 0 rings (SSSR count). The first kappa shape index (κ1) is 20.2. The summed E-state index contributed by atoms with van der Waals surface area (Å²) in [7, 11) is 0. The molecule has 0 bridgehead atoms. The van der Waals surface area contributed by atoms with Crippen LogP contribution in [0.15, 0.2) is 60.8 Å². The molecule has 0 aromatic rings. The number of unbranched alkanes of at least 4 members (excludes halogenated alkanes) is 4. The molecule has 0 aromatic heterocycles. The van der Waals surface area contributed by atoms with Gasteiger partial charge in [0.2, 0.25) is 0 Å². The molecule has 0 atom stereocenters. The zero-order valence-corrected chi connectivity index (χ0v) is 13.8. The van der Waals surface area contributed by atoms with Crippen molar-refractivity contribution in [1.82, 2.24) is 0 Å². The Bertz CT molecular complexity index is 398. The van der Waals surface area contributed by atoms with E-state index < -0.39 is 5.97 Å². The van der Waals surface area contributed by atoms with Gasteiger partial charge in [-0.25, -0.2) is 0 Å². The summed E-state index contributed by atoms with van der Waals surface area (Å²) in [4.78, 5) is 10.3. The van der Waals surface area contributed by atoms with Crippen molar-refractivity contribution in [2.24, 2.45) is 0 Å². The third-order valence-electron chi connectivity index (χ3n) is 3.00. The molecule has 1 N–H and O–H groups in total. The Kier molecular flexibility index (Phi) is 15.8. The second-order valence-corrected chi connectivity index (χ2v) is 5.11. The molecule has 0 unspecified atom stereocenters. The van der Waals surface area contributed by atoms with Crippen LogP contribution in [0.3, 0.4) is 0 Å². The average molecular weight is 302 g/mol. The fourth-order valence-corrected chi connectivity index (χ4v) is 1.76. The van der Waals surface area contributed by atoms with Crippen LogP contribution >= 0.6 is 0 Å². The van der Waals surface area contributed by atoms with E-state index in [9.17, 15) is 4.79 Å². The lowest BCUT2D eigenvalue weighted by molar-refractivity contribution is -0.137. The molecule has 0 aliphatic carbocycles. The highest BCUT2D eigenvalue weighted by atomic mass is 16.4. The minimum Gasteiger partial charge on any atom is -0.481 e. The first-order valence-electron chi connectivity index (χ1n) is 8.29. The van der Waals surface area contributed by atoms with E-state index in [0.29, 0.717) is 6.42 Å². The van der Waals surface area contributed by atoms with E-state index in [1.54, 1.807) is 0 Å². The number of carboxylic acids is 1. The molecule has 22 heavy (non-hydrogen) atoms. The molecular formula is C20H30O2. The third kappa shape index (κ3) is 18.2. The fourth-order valence-electron chi connectivity index (χ4n) is 1.76. The summed E-state index contributed by atoms with van der Waals surface area (Å²) in [5, 5.41) is 8.49. The first-order valence-corrected chi connectivity index (χ1v) is 8.29. The van der Waals surface area contributed by atoms with Crippen LogP contribution in [0.25, 0.3) is 0 Å². The van der Waals surface area contributed by atoms with Crippen molar-refractivity contribution in [3.63, 3.8) is 0 Å². The first-order chi connectivity index (χ1) is 10.8. The minimum atomic E-state index is -0.720. The number of carboxylic acid groups (broad SMARTS) is 1. The van der Waals surface area contributed by atoms with Crippen LogP contribution in [-0.4, -0.2) is 11.1 Å². The van der Waals surface area contributed by atoms with Gasteiger partial charge >= 0.3 is 5.97 Å². The topological polar surface area (TPSA) is 37.3 Å². The number of carbonyl (C=O) groups is 1. The van der Waals surface area contributed by atoms with Gasteiger partial charge in [-0.2, -0.15) is 0 Å². The third-order valence-corrected chi connectivity index (χ3v) is 3.00. The lowest BCUT2D eigenvalue weighted by Crippen LogP contribution is -1.92. The van der Waals surface area contributed by atoms with Crippen molar-refractivity contribution in [3.8, 4) is 0 Å². The summed E-state index contributed by atoms with van der Waals surface area (Å²) in [5.41, 5.74) is 0. The van der Waals surface area contributed by atoms with E-state index in [1.165, 1.54) is 25.7 Å². The Morgan fingerprint density at radius 1 is 0.773 bits per heavy atom. The van der Waals surface area contributed by atoms with Gasteiger partial charge in [0.15, 0.2) is 0 Å². The highest BCUT2D eigenvalue weighted by Crippen LogP contribution is 1.99. The molecule has 0 radical (unpaired) electrons. The molecule has 0 fully saturated rings. The number of rotatable bonds is 13. The zero-order chi connectivity index (χ0) is 16.3.